The smallest absolute Gasteiger partial charge is 0.366 e. The van der Waals surface area contributed by atoms with E-state index in [9.17, 15) is 4.79 Å². The third kappa shape index (κ3) is 4.30. The van der Waals surface area contributed by atoms with Crippen LogP contribution in [0.4, 0.5) is 11.6 Å². The summed E-state index contributed by atoms with van der Waals surface area (Å²) in [6.45, 7) is 12.8. The monoisotopic (exact) mass is 487 g/mol. The Morgan fingerprint density at radius 2 is 1.91 bits per heavy atom. The molecule has 0 amide bonds. The summed E-state index contributed by atoms with van der Waals surface area (Å²) < 4.78 is 14.3. The molecule has 1 aliphatic rings. The van der Waals surface area contributed by atoms with Crippen molar-refractivity contribution in [2.75, 3.05) is 44.0 Å². The van der Waals surface area contributed by atoms with E-state index in [4.69, 9.17) is 26.8 Å². The lowest BCUT2D eigenvalue weighted by Gasteiger charge is -2.33. The first-order chi connectivity index (χ1) is 16.0. The molecule has 2 aromatic heterocycles. The van der Waals surface area contributed by atoms with Crippen molar-refractivity contribution in [3.8, 4) is 5.75 Å². The Morgan fingerprint density at radius 3 is 2.53 bits per heavy atom. The molecule has 0 atom stereocenters. The number of ether oxygens (including phenoxy) is 2. The number of rotatable bonds is 5. The largest absolute Gasteiger partial charge is 0.494 e. The molecule has 2 N–H and O–H groups in total. The molecule has 1 saturated heterocycles. The van der Waals surface area contributed by atoms with Crippen molar-refractivity contribution in [3.63, 3.8) is 0 Å². The van der Waals surface area contributed by atoms with Crippen LogP contribution in [0.2, 0.25) is 5.15 Å². The molecule has 1 fully saturated rings. The van der Waals surface area contributed by atoms with E-state index < -0.39 is 0 Å². The van der Waals surface area contributed by atoms with E-state index in [1.165, 1.54) is 9.20 Å². The number of ketones is 1. The number of carbonyl (C=O) groups is 1. The van der Waals surface area contributed by atoms with Crippen molar-refractivity contribution < 1.29 is 18.8 Å². The summed E-state index contributed by atoms with van der Waals surface area (Å²) in [7, 11) is 1.67. The molecular weight excluding hydrogens is 456 g/mol. The number of hydrogen-bond acceptors (Lipinski definition) is 7. The van der Waals surface area contributed by atoms with Crippen LogP contribution in [0.15, 0.2) is 12.1 Å². The maximum atomic E-state index is 13.5. The third-order valence-electron chi connectivity index (χ3n) is 6.34. The number of nitrogen functional groups attached to an aromatic ring is 1. The zero-order valence-electron chi connectivity index (χ0n) is 20.6. The second-order valence-corrected chi connectivity index (χ2v) is 10.00. The van der Waals surface area contributed by atoms with Gasteiger partial charge in [0.15, 0.2) is 17.5 Å². The minimum Gasteiger partial charge on any atom is -0.494 e. The number of nitrogens with two attached hydrogens (primary N) is 1. The van der Waals surface area contributed by atoms with E-state index in [0.29, 0.717) is 29.6 Å². The van der Waals surface area contributed by atoms with Gasteiger partial charge < -0.3 is 20.1 Å². The lowest BCUT2D eigenvalue weighted by molar-refractivity contribution is -0.566. The molecule has 9 nitrogen and oxygen atoms in total. The summed E-state index contributed by atoms with van der Waals surface area (Å²) in [5.74, 6) is 0.922. The topological polar surface area (TPSA) is 99.6 Å². The number of nitrogens with zero attached hydrogens (tertiary/aromatic N) is 5. The van der Waals surface area contributed by atoms with E-state index in [0.717, 1.165) is 41.2 Å². The van der Waals surface area contributed by atoms with E-state index in [1.807, 2.05) is 26.0 Å². The van der Waals surface area contributed by atoms with Crippen molar-refractivity contribution in [2.24, 2.45) is 0 Å². The minimum atomic E-state index is -0.229. The second kappa shape index (κ2) is 9.03. The van der Waals surface area contributed by atoms with Gasteiger partial charge >= 0.3 is 5.95 Å². The Labute approximate surface area is 204 Å². The van der Waals surface area contributed by atoms with E-state index in [-0.39, 0.29) is 23.7 Å². The Kier molecular flexibility index (Phi) is 6.44. The highest BCUT2D eigenvalue weighted by Crippen LogP contribution is 2.40. The van der Waals surface area contributed by atoms with E-state index >= 15 is 0 Å². The van der Waals surface area contributed by atoms with Crippen LogP contribution in [0.5, 0.6) is 5.75 Å². The Bertz CT molecular complexity index is 1260. The predicted octanol–water partition coefficient (Wildman–Crippen LogP) is 2.89. The third-order valence-corrected chi connectivity index (χ3v) is 6.70. The zero-order chi connectivity index (χ0) is 24.8. The highest BCUT2D eigenvalue weighted by Gasteiger charge is 2.29. The van der Waals surface area contributed by atoms with Crippen LogP contribution < -0.4 is 19.9 Å². The summed E-state index contributed by atoms with van der Waals surface area (Å²) in [6, 6.07) is 3.82. The van der Waals surface area contributed by atoms with Gasteiger partial charge in [0.25, 0.3) is 5.65 Å². The molecule has 0 saturated carbocycles. The molecule has 10 heteroatoms. The second-order valence-electron chi connectivity index (χ2n) is 9.64. The van der Waals surface area contributed by atoms with Gasteiger partial charge in [-0.2, -0.15) is 0 Å². The van der Waals surface area contributed by atoms with Crippen molar-refractivity contribution in [3.05, 3.63) is 39.5 Å². The number of anilines is 2. The minimum absolute atomic E-state index is 0.0240. The number of morpholine rings is 1. The number of methoxy groups -OCH3 is 1. The maximum absolute atomic E-state index is 13.5. The summed E-state index contributed by atoms with van der Waals surface area (Å²) in [5.41, 5.74) is 10.8. The lowest BCUT2D eigenvalue weighted by Crippen LogP contribution is -2.37. The van der Waals surface area contributed by atoms with Gasteiger partial charge in [-0.25, -0.2) is 0 Å². The van der Waals surface area contributed by atoms with Crippen LogP contribution >= 0.6 is 11.6 Å². The summed E-state index contributed by atoms with van der Waals surface area (Å²) >= 11 is 6.24. The molecular formula is C24H32ClN6O3+. The van der Waals surface area contributed by atoms with Crippen molar-refractivity contribution in [2.45, 2.75) is 46.6 Å². The van der Waals surface area contributed by atoms with Gasteiger partial charge in [0.2, 0.25) is 0 Å². The van der Waals surface area contributed by atoms with Gasteiger partial charge in [0.1, 0.15) is 5.75 Å². The number of halogens is 1. The van der Waals surface area contributed by atoms with Gasteiger partial charge in [-0.1, -0.05) is 36.9 Å². The van der Waals surface area contributed by atoms with Gasteiger partial charge in [0, 0.05) is 34.9 Å². The Hall–Kier alpha value is -2.91. The van der Waals surface area contributed by atoms with Crippen molar-refractivity contribution >= 4 is 34.7 Å². The Balaban J connectivity index is 1.77. The standard InChI is InChI=1S/C24H31ClN6O3/c1-14-15(2)22-28-30(23(26)31(22)27-21(14)25)13-19(32)16-11-17(24(3,4)5)20(33-6)18(12-16)29-7-9-34-10-8-29/h11-12,26H,7-10,13H2,1-6H3/p+1. The number of Topliss-reactive ketones (excluding diaryl/α,β-unsaturated/α-hetero) is 1. The van der Waals surface area contributed by atoms with Crippen LogP contribution in [0, 0.1) is 13.8 Å². The lowest BCUT2D eigenvalue weighted by atomic mass is 9.84. The maximum Gasteiger partial charge on any atom is 0.366 e. The predicted molar refractivity (Wildman–Crippen MR) is 131 cm³/mol. The summed E-state index contributed by atoms with van der Waals surface area (Å²) in [4.78, 5) is 15.7. The highest BCUT2D eigenvalue weighted by atomic mass is 35.5. The van der Waals surface area contributed by atoms with Crippen molar-refractivity contribution in [1.82, 2.24) is 14.9 Å². The number of aromatic nitrogens is 4. The zero-order valence-corrected chi connectivity index (χ0v) is 21.4. The molecule has 0 aliphatic carbocycles. The number of hydrogen-bond donors (Lipinski definition) is 1. The van der Waals surface area contributed by atoms with Gasteiger partial charge in [-0.15, -0.1) is 9.78 Å². The summed E-state index contributed by atoms with van der Waals surface area (Å²) in [6.07, 6.45) is 0. The number of aryl methyl sites for hydroxylation is 1. The van der Waals surface area contributed by atoms with Gasteiger partial charge in [0.05, 0.1) is 26.0 Å². The molecule has 1 aliphatic heterocycles. The molecule has 0 spiro atoms. The molecule has 0 bridgehead atoms. The first-order valence-electron chi connectivity index (χ1n) is 11.3. The van der Waals surface area contributed by atoms with Crippen LogP contribution in [0.1, 0.15) is 47.8 Å². The number of fused-ring (bicyclic) bond motifs is 1. The molecule has 4 rings (SSSR count). The van der Waals surface area contributed by atoms with E-state index in [1.54, 1.807) is 7.11 Å². The fourth-order valence-electron chi connectivity index (χ4n) is 4.17. The van der Waals surface area contributed by atoms with E-state index in [2.05, 4.69) is 35.9 Å². The summed E-state index contributed by atoms with van der Waals surface area (Å²) in [5, 5.41) is 9.22. The van der Waals surface area contributed by atoms with Crippen LogP contribution in [0.3, 0.4) is 0 Å². The van der Waals surface area contributed by atoms with Crippen molar-refractivity contribution in [1.29, 1.82) is 0 Å². The SMILES string of the molecule is COc1c(N2CCOCC2)cc(C(=O)Cn2nc3c(C)c(C)c(Cl)n[n+]3c2N)cc1C(C)(C)C. The van der Waals surface area contributed by atoms with Crippen LogP contribution in [-0.2, 0) is 16.7 Å². The Morgan fingerprint density at radius 1 is 1.24 bits per heavy atom. The molecule has 3 heterocycles. The molecule has 0 radical (unpaired) electrons. The first-order valence-corrected chi connectivity index (χ1v) is 11.7. The van der Waals surface area contributed by atoms with Gasteiger partial charge in [-0.3, -0.25) is 4.79 Å². The van der Waals surface area contributed by atoms with Gasteiger partial charge in [-0.05, 0) is 37.0 Å². The normalized spacial score (nSPS) is 14.6. The van der Waals surface area contributed by atoms with Crippen LogP contribution in [-0.4, -0.2) is 54.1 Å². The molecule has 34 heavy (non-hydrogen) atoms. The quantitative estimate of drug-likeness (QED) is 0.436. The average molecular weight is 488 g/mol. The first kappa shape index (κ1) is 24.2. The number of benzene rings is 1. The molecule has 0 unspecified atom stereocenters. The fourth-order valence-corrected chi connectivity index (χ4v) is 4.39. The van der Waals surface area contributed by atoms with Crippen LogP contribution in [0.25, 0.3) is 5.65 Å². The molecule has 3 aromatic rings. The highest BCUT2D eigenvalue weighted by molar-refractivity contribution is 6.30. The average Bonchev–Trinajstić information content (AvgIpc) is 3.11. The molecule has 182 valence electrons. The fraction of sp³-hybridized carbons (Fsp3) is 0.500. The molecule has 1 aromatic carbocycles. The number of carbonyl (C=O) groups excluding carboxylic acids is 1.